The number of thioether (sulfide) groups is 1. The number of carbonyl (C=O) groups is 1. The minimum absolute atomic E-state index is 0.164. The van der Waals surface area contributed by atoms with Gasteiger partial charge < -0.3 is 4.74 Å². The molecule has 0 saturated heterocycles. The van der Waals surface area contributed by atoms with E-state index in [4.69, 9.17) is 4.74 Å². The van der Waals surface area contributed by atoms with Gasteiger partial charge in [0, 0.05) is 4.90 Å². The molecule has 0 aliphatic heterocycles. The maximum absolute atomic E-state index is 11.7. The third-order valence-corrected chi connectivity index (χ3v) is 3.58. The van der Waals surface area contributed by atoms with Gasteiger partial charge >= 0.3 is 5.97 Å². The number of hydrogen-bond acceptors (Lipinski definition) is 3. The molecule has 0 fully saturated rings. The van der Waals surface area contributed by atoms with Crippen LogP contribution in [-0.4, -0.2) is 17.3 Å². The first-order valence-corrected chi connectivity index (χ1v) is 6.21. The van der Waals surface area contributed by atoms with Crippen molar-refractivity contribution < 1.29 is 9.53 Å². The van der Waals surface area contributed by atoms with Gasteiger partial charge in [0.2, 0.25) is 0 Å². The molecule has 0 spiro atoms. The Labute approximate surface area is 101 Å². The molecule has 0 aromatic heterocycles. The Morgan fingerprint density at radius 1 is 1.38 bits per heavy atom. The van der Waals surface area contributed by atoms with E-state index in [9.17, 15) is 4.79 Å². The van der Waals surface area contributed by atoms with Gasteiger partial charge in [-0.15, -0.1) is 11.8 Å². The quantitative estimate of drug-likeness (QED) is 0.594. The van der Waals surface area contributed by atoms with Crippen molar-refractivity contribution in [1.82, 2.24) is 0 Å². The van der Waals surface area contributed by atoms with Gasteiger partial charge in [-0.1, -0.05) is 18.2 Å². The number of benzene rings is 1. The van der Waals surface area contributed by atoms with Crippen LogP contribution in [0.4, 0.5) is 0 Å². The molecule has 16 heavy (non-hydrogen) atoms. The van der Waals surface area contributed by atoms with Gasteiger partial charge in [-0.25, -0.2) is 0 Å². The number of aryl methyl sites for hydroxylation is 1. The molecule has 0 N–H and O–H groups in total. The molecule has 0 heterocycles. The van der Waals surface area contributed by atoms with Crippen molar-refractivity contribution >= 4 is 17.7 Å². The van der Waals surface area contributed by atoms with Crippen LogP contribution < -0.4 is 0 Å². The normalized spacial score (nSPS) is 11.2. The van der Waals surface area contributed by atoms with Crippen LogP contribution in [0, 0.1) is 6.92 Å². The van der Waals surface area contributed by atoms with Crippen LogP contribution in [0.2, 0.25) is 0 Å². The zero-order valence-electron chi connectivity index (χ0n) is 10.2. The summed E-state index contributed by atoms with van der Waals surface area (Å²) in [6, 6.07) is 8.05. The fourth-order valence-corrected chi connectivity index (χ4v) is 2.36. The monoisotopic (exact) mass is 238 g/mol. The molecule has 88 valence electrons. The van der Waals surface area contributed by atoms with Gasteiger partial charge in [0.25, 0.3) is 0 Å². The van der Waals surface area contributed by atoms with E-state index in [2.05, 4.69) is 0 Å². The van der Waals surface area contributed by atoms with Crippen LogP contribution in [0.15, 0.2) is 29.2 Å². The number of esters is 1. The summed E-state index contributed by atoms with van der Waals surface area (Å²) in [6.07, 6.45) is 0. The van der Waals surface area contributed by atoms with Gasteiger partial charge in [0.1, 0.15) is 4.75 Å². The molecule has 0 bridgehead atoms. The standard InChI is InChI=1S/C13H18O2S/c1-5-15-12(14)13(3,4)16-11-9-7-6-8-10(11)2/h6-9H,5H2,1-4H3. The van der Waals surface area contributed by atoms with E-state index in [1.54, 1.807) is 11.8 Å². The lowest BCUT2D eigenvalue weighted by Gasteiger charge is -2.22. The predicted octanol–water partition coefficient (Wildman–Crippen LogP) is 3.43. The molecule has 3 heteroatoms. The molecule has 1 aromatic rings. The van der Waals surface area contributed by atoms with Crippen molar-refractivity contribution in [3.63, 3.8) is 0 Å². The summed E-state index contributed by atoms with van der Waals surface area (Å²) >= 11 is 1.55. The number of rotatable bonds is 4. The number of ether oxygens (including phenoxy) is 1. The molecule has 1 aromatic carbocycles. The highest BCUT2D eigenvalue weighted by Gasteiger charge is 2.30. The van der Waals surface area contributed by atoms with Crippen LogP contribution in [-0.2, 0) is 9.53 Å². The van der Waals surface area contributed by atoms with E-state index in [-0.39, 0.29) is 5.97 Å². The molecular weight excluding hydrogens is 220 g/mol. The Balaban J connectivity index is 2.80. The van der Waals surface area contributed by atoms with Crippen LogP contribution >= 0.6 is 11.8 Å². The SMILES string of the molecule is CCOC(=O)C(C)(C)Sc1ccccc1C. The second-order valence-electron chi connectivity index (χ2n) is 4.10. The Morgan fingerprint density at radius 2 is 2.00 bits per heavy atom. The third kappa shape index (κ3) is 3.27. The second kappa shape index (κ2) is 5.39. The first kappa shape index (κ1) is 13.1. The molecule has 1 rings (SSSR count). The highest BCUT2D eigenvalue weighted by atomic mass is 32.2. The van der Waals surface area contributed by atoms with E-state index in [1.165, 1.54) is 5.56 Å². The van der Waals surface area contributed by atoms with Gasteiger partial charge in [-0.05, 0) is 39.3 Å². The zero-order valence-corrected chi connectivity index (χ0v) is 11.1. The first-order valence-electron chi connectivity index (χ1n) is 5.39. The summed E-state index contributed by atoms with van der Waals surface area (Å²) in [5, 5.41) is 0. The van der Waals surface area contributed by atoms with Crippen LogP contribution in [0.5, 0.6) is 0 Å². The highest BCUT2D eigenvalue weighted by Crippen LogP contribution is 2.35. The molecule has 2 nitrogen and oxygen atoms in total. The Kier molecular flexibility index (Phi) is 4.42. The number of carbonyl (C=O) groups excluding carboxylic acids is 1. The van der Waals surface area contributed by atoms with Crippen molar-refractivity contribution in [2.45, 2.75) is 37.3 Å². The highest BCUT2D eigenvalue weighted by molar-refractivity contribution is 8.01. The minimum atomic E-state index is -0.540. The van der Waals surface area contributed by atoms with Crippen molar-refractivity contribution in [3.8, 4) is 0 Å². The number of hydrogen-bond donors (Lipinski definition) is 0. The second-order valence-corrected chi connectivity index (χ2v) is 5.76. The summed E-state index contributed by atoms with van der Waals surface area (Å²) in [4.78, 5) is 12.9. The molecule has 0 unspecified atom stereocenters. The molecule has 0 atom stereocenters. The van der Waals surface area contributed by atoms with E-state index >= 15 is 0 Å². The summed E-state index contributed by atoms with van der Waals surface area (Å²) in [5.41, 5.74) is 1.19. The summed E-state index contributed by atoms with van der Waals surface area (Å²) in [7, 11) is 0. The van der Waals surface area contributed by atoms with Crippen molar-refractivity contribution in [2.75, 3.05) is 6.61 Å². The van der Waals surface area contributed by atoms with E-state index < -0.39 is 4.75 Å². The predicted molar refractivity (Wildman–Crippen MR) is 67.7 cm³/mol. The summed E-state index contributed by atoms with van der Waals surface area (Å²) < 4.78 is 4.52. The maximum Gasteiger partial charge on any atom is 0.321 e. The molecule has 0 aliphatic carbocycles. The van der Waals surface area contributed by atoms with Gasteiger partial charge in [0.05, 0.1) is 6.61 Å². The van der Waals surface area contributed by atoms with E-state index in [0.29, 0.717) is 6.61 Å². The average molecular weight is 238 g/mol. The molecule has 0 aliphatic rings. The fraction of sp³-hybridized carbons (Fsp3) is 0.462. The largest absolute Gasteiger partial charge is 0.465 e. The summed E-state index contributed by atoms with van der Waals surface area (Å²) in [6.45, 7) is 8.08. The average Bonchev–Trinajstić information content (AvgIpc) is 2.21. The van der Waals surface area contributed by atoms with Gasteiger partial charge in [-0.2, -0.15) is 0 Å². The lowest BCUT2D eigenvalue weighted by molar-refractivity contribution is -0.145. The van der Waals surface area contributed by atoms with E-state index in [1.807, 2.05) is 52.0 Å². The van der Waals surface area contributed by atoms with E-state index in [0.717, 1.165) is 4.90 Å². The molecule has 0 amide bonds. The van der Waals surface area contributed by atoms with Crippen LogP contribution in [0.1, 0.15) is 26.3 Å². The lowest BCUT2D eigenvalue weighted by atomic mass is 10.2. The zero-order chi connectivity index (χ0) is 12.2. The first-order chi connectivity index (χ1) is 7.47. The maximum atomic E-state index is 11.7. The van der Waals surface area contributed by atoms with Crippen LogP contribution in [0.25, 0.3) is 0 Å². The topological polar surface area (TPSA) is 26.3 Å². The summed E-state index contributed by atoms with van der Waals surface area (Å²) in [5.74, 6) is -0.164. The Hall–Kier alpha value is -0.960. The van der Waals surface area contributed by atoms with Crippen molar-refractivity contribution in [1.29, 1.82) is 0 Å². The third-order valence-electron chi connectivity index (χ3n) is 2.23. The fourth-order valence-electron chi connectivity index (χ4n) is 1.29. The van der Waals surface area contributed by atoms with Gasteiger partial charge in [0.15, 0.2) is 0 Å². The van der Waals surface area contributed by atoms with Crippen molar-refractivity contribution in [2.24, 2.45) is 0 Å². The van der Waals surface area contributed by atoms with Crippen LogP contribution in [0.3, 0.4) is 0 Å². The minimum Gasteiger partial charge on any atom is -0.465 e. The molecule has 0 radical (unpaired) electrons. The smallest absolute Gasteiger partial charge is 0.321 e. The van der Waals surface area contributed by atoms with Crippen molar-refractivity contribution in [3.05, 3.63) is 29.8 Å². The van der Waals surface area contributed by atoms with Gasteiger partial charge in [-0.3, -0.25) is 4.79 Å². The Bertz CT molecular complexity index is 372. The Morgan fingerprint density at radius 3 is 2.56 bits per heavy atom. The molecular formula is C13H18O2S. The lowest BCUT2D eigenvalue weighted by Crippen LogP contribution is -2.30. The molecule has 0 saturated carbocycles.